The van der Waals surface area contributed by atoms with Crippen LogP contribution in [-0.4, -0.2) is 33.3 Å². The number of hydrogen-bond acceptors (Lipinski definition) is 8. The molecule has 13 heteroatoms. The number of anilines is 1. The highest BCUT2D eigenvalue weighted by Gasteiger charge is 2.19. The van der Waals surface area contributed by atoms with Crippen LogP contribution in [-0.2, 0) is 4.79 Å². The lowest BCUT2D eigenvalue weighted by atomic mass is 10.2. The van der Waals surface area contributed by atoms with Gasteiger partial charge in [-0.1, -0.05) is 23.7 Å². The summed E-state index contributed by atoms with van der Waals surface area (Å²) in [4.78, 5) is 41.5. The van der Waals surface area contributed by atoms with Gasteiger partial charge in [0.15, 0.2) is 18.1 Å². The van der Waals surface area contributed by atoms with Gasteiger partial charge in [0.25, 0.3) is 11.5 Å². The quantitative estimate of drug-likeness (QED) is 0.119. The molecule has 6 rings (SSSR count). The Kier molecular flexibility index (Phi) is 7.56. The molecule has 44 heavy (non-hydrogen) atoms. The van der Waals surface area contributed by atoms with Gasteiger partial charge in [0.1, 0.15) is 11.4 Å². The first-order valence-corrected chi connectivity index (χ1v) is 13.4. The summed E-state index contributed by atoms with van der Waals surface area (Å²) in [6, 6.07) is 22.6. The zero-order valence-electron chi connectivity index (χ0n) is 22.4. The van der Waals surface area contributed by atoms with Gasteiger partial charge in [0.2, 0.25) is 5.82 Å². The number of amides is 1. The average Bonchev–Trinajstić information content (AvgIpc) is 3.44. The van der Waals surface area contributed by atoms with Crippen LogP contribution >= 0.6 is 11.6 Å². The second-order valence-corrected chi connectivity index (χ2v) is 9.87. The Hall–Kier alpha value is -5.88. The molecule has 0 unspecified atom stereocenters. The summed E-state index contributed by atoms with van der Waals surface area (Å²) in [6.07, 6.45) is 1.26. The first-order valence-electron chi connectivity index (χ1n) is 13.0. The van der Waals surface area contributed by atoms with Gasteiger partial charge in [-0.25, -0.2) is 9.37 Å². The molecule has 0 aliphatic rings. The number of nitro groups is 1. The third-order valence-electron chi connectivity index (χ3n) is 6.44. The monoisotopic (exact) mass is 611 g/mol. The van der Waals surface area contributed by atoms with Crippen molar-refractivity contribution in [3.8, 4) is 17.3 Å². The lowest BCUT2D eigenvalue weighted by Crippen LogP contribution is -2.20. The van der Waals surface area contributed by atoms with Crippen LogP contribution in [0.2, 0.25) is 5.02 Å². The van der Waals surface area contributed by atoms with Crippen molar-refractivity contribution in [2.24, 2.45) is 5.10 Å². The van der Waals surface area contributed by atoms with E-state index in [4.69, 9.17) is 20.8 Å². The number of nitrogens with one attached hydrogen (secondary N) is 1. The van der Waals surface area contributed by atoms with E-state index in [1.54, 1.807) is 48.5 Å². The fourth-order valence-electron chi connectivity index (χ4n) is 4.39. The number of carbonyl (C=O) groups is 1. The van der Waals surface area contributed by atoms with E-state index >= 15 is 0 Å². The number of furan rings is 1. The maximum atomic E-state index is 13.5. The van der Waals surface area contributed by atoms with Gasteiger partial charge in [0.05, 0.1) is 22.0 Å². The van der Waals surface area contributed by atoms with Gasteiger partial charge in [-0.2, -0.15) is 9.78 Å². The van der Waals surface area contributed by atoms with Gasteiger partial charge in [-0.15, -0.1) is 0 Å². The van der Waals surface area contributed by atoms with Crippen molar-refractivity contribution in [3.05, 3.63) is 128 Å². The Bertz CT molecular complexity index is 2160. The Labute approximate surface area is 251 Å². The number of benzene rings is 4. The van der Waals surface area contributed by atoms with Crippen LogP contribution in [0.4, 0.5) is 15.8 Å². The summed E-state index contributed by atoms with van der Waals surface area (Å²) in [5.74, 6) is -0.848. The number of ether oxygens (including phenoxy) is 1. The molecule has 0 aliphatic carbocycles. The molecule has 0 atom stereocenters. The number of aromatic nitrogens is 2. The summed E-state index contributed by atoms with van der Waals surface area (Å²) in [5.41, 5.74) is 0.648. The molecular formula is C31H19ClFN5O6. The third kappa shape index (κ3) is 5.87. The summed E-state index contributed by atoms with van der Waals surface area (Å²) in [6.45, 7) is -0.532. The molecule has 2 heterocycles. The molecule has 11 nitrogen and oxygen atoms in total. The standard InChI is InChI=1S/C31H19ClFN5O6/c32-20-6-12-26-19(14-20)15-28(44-26)30-36-24-4-2-1-3-23(24)31(40)37(30)34-16-18-5-11-27(25(13-18)38(41)42)43-17-29(39)35-22-9-7-21(33)8-10-22/h1-16H,17H2,(H,35,39). The highest BCUT2D eigenvalue weighted by molar-refractivity contribution is 6.31. The Morgan fingerprint density at radius 3 is 2.68 bits per heavy atom. The van der Waals surface area contributed by atoms with Crippen molar-refractivity contribution in [1.82, 2.24) is 9.66 Å². The van der Waals surface area contributed by atoms with E-state index in [1.165, 1.54) is 48.7 Å². The Balaban J connectivity index is 1.31. The minimum absolute atomic E-state index is 0.110. The first-order chi connectivity index (χ1) is 21.2. The smallest absolute Gasteiger partial charge is 0.311 e. The highest BCUT2D eigenvalue weighted by Crippen LogP contribution is 2.30. The zero-order valence-corrected chi connectivity index (χ0v) is 23.2. The maximum Gasteiger partial charge on any atom is 0.311 e. The van der Waals surface area contributed by atoms with Crippen molar-refractivity contribution in [1.29, 1.82) is 0 Å². The SMILES string of the molecule is O=C(COc1ccc(C=Nn2c(-c3cc4cc(Cl)ccc4o3)nc3ccccc3c2=O)cc1[N+](=O)[O-])Nc1ccc(F)cc1. The van der Waals surface area contributed by atoms with Gasteiger partial charge in [0, 0.05) is 27.7 Å². The van der Waals surface area contributed by atoms with E-state index in [9.17, 15) is 24.1 Å². The number of para-hydroxylation sites is 1. The molecular weight excluding hydrogens is 593 g/mol. The molecule has 4 aromatic carbocycles. The normalized spacial score (nSPS) is 11.3. The molecule has 0 saturated heterocycles. The van der Waals surface area contributed by atoms with Crippen molar-refractivity contribution < 1.29 is 23.3 Å². The lowest BCUT2D eigenvalue weighted by Gasteiger charge is -2.09. The van der Waals surface area contributed by atoms with Crippen LogP contribution in [0.5, 0.6) is 5.75 Å². The maximum absolute atomic E-state index is 13.5. The van der Waals surface area contributed by atoms with Crippen LogP contribution in [0.1, 0.15) is 5.56 Å². The van der Waals surface area contributed by atoms with Crippen LogP contribution in [0, 0.1) is 15.9 Å². The largest absolute Gasteiger partial charge is 0.477 e. The molecule has 218 valence electrons. The Morgan fingerprint density at radius 1 is 1.09 bits per heavy atom. The predicted octanol–water partition coefficient (Wildman–Crippen LogP) is 6.41. The van der Waals surface area contributed by atoms with Gasteiger partial charge in [-0.05, 0) is 72.8 Å². The van der Waals surface area contributed by atoms with Crippen molar-refractivity contribution >= 4 is 57.0 Å². The zero-order chi connectivity index (χ0) is 30.8. The fraction of sp³-hybridized carbons (Fsp3) is 0.0323. The van der Waals surface area contributed by atoms with Crippen LogP contribution in [0.25, 0.3) is 33.5 Å². The van der Waals surface area contributed by atoms with E-state index in [0.717, 1.165) is 4.68 Å². The lowest BCUT2D eigenvalue weighted by molar-refractivity contribution is -0.385. The first kappa shape index (κ1) is 28.2. The van der Waals surface area contributed by atoms with Crippen LogP contribution < -0.4 is 15.6 Å². The minimum atomic E-state index is -0.667. The number of rotatable bonds is 8. The van der Waals surface area contributed by atoms with Crippen LogP contribution in [0.15, 0.2) is 105 Å². The number of hydrogen-bond donors (Lipinski definition) is 1. The van der Waals surface area contributed by atoms with Crippen molar-refractivity contribution in [2.45, 2.75) is 0 Å². The minimum Gasteiger partial charge on any atom is -0.477 e. The predicted molar refractivity (Wildman–Crippen MR) is 163 cm³/mol. The van der Waals surface area contributed by atoms with Gasteiger partial charge >= 0.3 is 5.69 Å². The highest BCUT2D eigenvalue weighted by atomic mass is 35.5. The Morgan fingerprint density at radius 2 is 1.89 bits per heavy atom. The van der Waals surface area contributed by atoms with E-state index in [0.29, 0.717) is 32.6 Å². The molecule has 2 aromatic heterocycles. The summed E-state index contributed by atoms with van der Waals surface area (Å²) < 4.78 is 25.5. The molecule has 0 aliphatic heterocycles. The average molecular weight is 612 g/mol. The number of halogens is 2. The third-order valence-corrected chi connectivity index (χ3v) is 6.68. The van der Waals surface area contributed by atoms with Crippen molar-refractivity contribution in [3.63, 3.8) is 0 Å². The number of nitrogens with zero attached hydrogens (tertiary/aromatic N) is 4. The molecule has 0 spiro atoms. The summed E-state index contributed by atoms with van der Waals surface area (Å²) in [7, 11) is 0. The second kappa shape index (κ2) is 11.8. The summed E-state index contributed by atoms with van der Waals surface area (Å²) >= 11 is 6.12. The molecule has 0 fully saturated rings. The molecule has 0 radical (unpaired) electrons. The second-order valence-electron chi connectivity index (χ2n) is 9.43. The van der Waals surface area contributed by atoms with E-state index in [2.05, 4.69) is 15.4 Å². The van der Waals surface area contributed by atoms with Crippen molar-refractivity contribution in [2.75, 3.05) is 11.9 Å². The number of nitro benzene ring substituents is 1. The van der Waals surface area contributed by atoms with E-state index in [1.807, 2.05) is 0 Å². The molecule has 1 N–H and O–H groups in total. The number of fused-ring (bicyclic) bond motifs is 2. The van der Waals surface area contributed by atoms with E-state index < -0.39 is 34.5 Å². The fourth-order valence-corrected chi connectivity index (χ4v) is 4.57. The molecule has 6 aromatic rings. The summed E-state index contributed by atoms with van der Waals surface area (Å²) in [5, 5.41) is 20.2. The van der Waals surface area contributed by atoms with E-state index in [-0.39, 0.29) is 22.9 Å². The number of carbonyl (C=O) groups excluding carboxylic acids is 1. The van der Waals surface area contributed by atoms with Crippen LogP contribution in [0.3, 0.4) is 0 Å². The van der Waals surface area contributed by atoms with Gasteiger partial charge in [-0.3, -0.25) is 19.7 Å². The topological polar surface area (TPSA) is 142 Å². The molecule has 0 saturated carbocycles. The van der Waals surface area contributed by atoms with Gasteiger partial charge < -0.3 is 14.5 Å². The molecule has 1 amide bonds. The molecule has 0 bridgehead atoms.